The number of ether oxygens (including phenoxy) is 1. The summed E-state index contributed by atoms with van der Waals surface area (Å²) >= 11 is 0. The summed E-state index contributed by atoms with van der Waals surface area (Å²) in [5, 5.41) is 0. The van der Waals surface area contributed by atoms with Gasteiger partial charge in [-0.25, -0.2) is 14.4 Å². The lowest BCUT2D eigenvalue weighted by Crippen LogP contribution is -2.74. The van der Waals surface area contributed by atoms with Crippen molar-refractivity contribution in [2.45, 2.75) is 59.0 Å². The standard InChI is InChI=1S/C37H51FN8O5S/c1-6-33(47)43-21-37(22-43)23-45(24-37)52(49,50)44-13-10-36(11-14-44)19-41(20-36)17-28-9-12-42(18-28)34-32(16-39-25-40-34)51-31-8-7-29(38)15-30(31)35(48)46(26(2)3)27(4)5/h6-8,15-16,25-28H,1,9-14,17-24H2,2-5H3/t28-/m0/s1. The molecule has 2 amide bonds. The molecule has 0 unspecified atom stereocenters. The molecule has 52 heavy (non-hydrogen) atoms. The summed E-state index contributed by atoms with van der Waals surface area (Å²) in [6.07, 6.45) is 7.11. The first-order chi connectivity index (χ1) is 24.7. The summed E-state index contributed by atoms with van der Waals surface area (Å²) in [6.45, 7) is 19.0. The summed E-state index contributed by atoms with van der Waals surface area (Å²) in [5.41, 5.74) is 0.229. The second-order valence-electron chi connectivity index (χ2n) is 16.2. The number of carbonyl (C=O) groups excluding carboxylic acids is 2. The van der Waals surface area contributed by atoms with Crippen LogP contribution in [0.5, 0.6) is 11.5 Å². The van der Waals surface area contributed by atoms with E-state index in [9.17, 15) is 22.4 Å². The van der Waals surface area contributed by atoms with Crippen LogP contribution < -0.4 is 9.64 Å². The number of piperidine rings is 1. The van der Waals surface area contributed by atoms with Gasteiger partial charge in [-0.3, -0.25) is 9.59 Å². The molecule has 0 bridgehead atoms. The van der Waals surface area contributed by atoms with Crippen LogP contribution in [-0.2, 0) is 15.0 Å². The Morgan fingerprint density at radius 3 is 2.35 bits per heavy atom. The SMILES string of the molecule is C=CC(=O)N1CC2(C1)CN(S(=O)(=O)N1CCC3(CC1)CN(C[C@@H]1CCN(c4ncncc4Oc4ccc(F)cc4C(=O)N(C(C)C)C(C)C)C1)C3)C2. The van der Waals surface area contributed by atoms with Gasteiger partial charge in [-0.15, -0.1) is 0 Å². The summed E-state index contributed by atoms with van der Waals surface area (Å²) in [4.78, 5) is 42.3. The molecule has 0 radical (unpaired) electrons. The molecule has 1 aromatic carbocycles. The number of nitrogens with zero attached hydrogens (tertiary/aromatic N) is 8. The van der Waals surface area contributed by atoms with Crippen LogP contribution in [0.4, 0.5) is 10.2 Å². The highest BCUT2D eigenvalue weighted by atomic mass is 32.2. The van der Waals surface area contributed by atoms with Gasteiger partial charge in [0.25, 0.3) is 16.1 Å². The van der Waals surface area contributed by atoms with E-state index in [1.807, 2.05) is 27.7 Å². The molecule has 0 saturated carbocycles. The second-order valence-corrected chi connectivity index (χ2v) is 18.1. The summed E-state index contributed by atoms with van der Waals surface area (Å²) in [6, 6.07) is 3.85. The highest BCUT2D eigenvalue weighted by molar-refractivity contribution is 7.86. The quantitative estimate of drug-likeness (QED) is 0.319. The van der Waals surface area contributed by atoms with Crippen molar-refractivity contribution in [3.8, 4) is 11.5 Å². The van der Waals surface area contributed by atoms with Crippen LogP contribution in [0.2, 0.25) is 0 Å². The van der Waals surface area contributed by atoms with Gasteiger partial charge in [-0.1, -0.05) is 6.58 Å². The monoisotopic (exact) mass is 738 g/mol. The maximum absolute atomic E-state index is 14.4. The second kappa shape index (κ2) is 14.0. The normalized spacial score (nSPS) is 23.1. The van der Waals surface area contributed by atoms with Gasteiger partial charge in [-0.05, 0) is 82.6 Å². The average molecular weight is 739 g/mol. The van der Waals surface area contributed by atoms with Gasteiger partial charge in [0.05, 0.1) is 11.8 Å². The molecule has 282 valence electrons. The first-order valence-corrected chi connectivity index (χ1v) is 19.9. The van der Waals surface area contributed by atoms with Crippen molar-refractivity contribution in [1.82, 2.24) is 33.3 Å². The van der Waals surface area contributed by atoms with E-state index in [2.05, 4.69) is 26.3 Å². The van der Waals surface area contributed by atoms with Crippen LogP contribution in [0.15, 0.2) is 43.4 Å². The van der Waals surface area contributed by atoms with E-state index in [-0.39, 0.29) is 46.0 Å². The zero-order chi connectivity index (χ0) is 37.0. The Hall–Kier alpha value is -3.66. The fourth-order valence-corrected chi connectivity index (χ4v) is 10.9. The highest BCUT2D eigenvalue weighted by Gasteiger charge is 2.57. The van der Waals surface area contributed by atoms with Crippen molar-refractivity contribution in [2.24, 2.45) is 16.7 Å². The molecule has 1 aromatic heterocycles. The molecule has 13 nitrogen and oxygen atoms in total. The lowest BCUT2D eigenvalue weighted by atomic mass is 9.72. The van der Waals surface area contributed by atoms with E-state index in [1.54, 1.807) is 24.6 Å². The number of hydrogen-bond acceptors (Lipinski definition) is 9. The number of amides is 2. The van der Waals surface area contributed by atoms with Crippen LogP contribution in [-0.4, -0.2) is 138 Å². The van der Waals surface area contributed by atoms with Crippen LogP contribution in [0.1, 0.15) is 57.3 Å². The molecule has 15 heteroatoms. The van der Waals surface area contributed by atoms with Gasteiger partial charge in [0, 0.05) is 89.5 Å². The summed E-state index contributed by atoms with van der Waals surface area (Å²) in [7, 11) is -3.49. The van der Waals surface area contributed by atoms with E-state index in [1.165, 1.54) is 30.6 Å². The highest BCUT2D eigenvalue weighted by Crippen LogP contribution is 2.45. The molecule has 2 spiro atoms. The van der Waals surface area contributed by atoms with E-state index < -0.39 is 16.0 Å². The molecule has 5 aliphatic rings. The molecule has 0 aliphatic carbocycles. The largest absolute Gasteiger partial charge is 0.451 e. The van der Waals surface area contributed by atoms with Crippen molar-refractivity contribution in [3.05, 3.63) is 54.8 Å². The number of benzene rings is 1. The predicted molar refractivity (Wildman–Crippen MR) is 195 cm³/mol. The molecule has 5 saturated heterocycles. The molecular weight excluding hydrogens is 688 g/mol. The van der Waals surface area contributed by atoms with Crippen molar-refractivity contribution in [1.29, 1.82) is 0 Å². The predicted octanol–water partition coefficient (Wildman–Crippen LogP) is 3.47. The Morgan fingerprint density at radius 2 is 1.69 bits per heavy atom. The minimum absolute atomic E-state index is 0.0772. The van der Waals surface area contributed by atoms with Crippen LogP contribution in [0.25, 0.3) is 0 Å². The third-order valence-corrected chi connectivity index (χ3v) is 13.5. The number of likely N-dealkylation sites (tertiary alicyclic amines) is 2. The number of rotatable bonds is 11. The van der Waals surface area contributed by atoms with Crippen molar-refractivity contribution >= 4 is 27.8 Å². The van der Waals surface area contributed by atoms with Gasteiger partial charge >= 0.3 is 0 Å². The first kappa shape index (κ1) is 36.7. The number of carbonyl (C=O) groups is 2. The zero-order valence-electron chi connectivity index (χ0n) is 30.7. The smallest absolute Gasteiger partial charge is 0.282 e. The fourth-order valence-electron chi connectivity index (χ4n) is 9.06. The molecule has 5 aliphatic heterocycles. The molecule has 1 atom stereocenters. The number of aromatic nitrogens is 2. The van der Waals surface area contributed by atoms with Crippen molar-refractivity contribution < 1.29 is 27.1 Å². The maximum Gasteiger partial charge on any atom is 0.282 e. The topological polar surface area (TPSA) is 123 Å². The Kier molecular flexibility index (Phi) is 9.85. The van der Waals surface area contributed by atoms with Crippen molar-refractivity contribution in [3.63, 3.8) is 0 Å². The third-order valence-electron chi connectivity index (χ3n) is 11.6. The Morgan fingerprint density at radius 1 is 1.00 bits per heavy atom. The molecule has 5 fully saturated rings. The Balaban J connectivity index is 0.903. The average Bonchev–Trinajstić information content (AvgIpc) is 3.51. The molecule has 0 N–H and O–H groups in total. The minimum Gasteiger partial charge on any atom is -0.451 e. The summed E-state index contributed by atoms with van der Waals surface area (Å²) < 4.78 is 50.7. The lowest BCUT2D eigenvalue weighted by Gasteiger charge is -2.60. The van der Waals surface area contributed by atoms with Crippen LogP contribution in [0.3, 0.4) is 0 Å². The van der Waals surface area contributed by atoms with Crippen molar-refractivity contribution in [2.75, 3.05) is 76.9 Å². The molecular formula is C37H51FN8O5S. The number of anilines is 1. The molecule has 7 rings (SSSR count). The van der Waals surface area contributed by atoms with E-state index >= 15 is 0 Å². The van der Waals surface area contributed by atoms with Gasteiger partial charge in [0.1, 0.15) is 17.9 Å². The van der Waals surface area contributed by atoms with Gasteiger partial charge in [0.15, 0.2) is 11.6 Å². The first-order valence-electron chi connectivity index (χ1n) is 18.5. The Bertz CT molecular complexity index is 1790. The fraction of sp³-hybridized carbons (Fsp3) is 0.622. The summed E-state index contributed by atoms with van der Waals surface area (Å²) in [5.74, 6) is 0.847. The maximum atomic E-state index is 14.4. The van der Waals surface area contributed by atoms with Gasteiger partial charge < -0.3 is 24.3 Å². The van der Waals surface area contributed by atoms with E-state index in [0.29, 0.717) is 56.8 Å². The lowest BCUT2D eigenvalue weighted by molar-refractivity contribution is -0.146. The number of hydrogen-bond donors (Lipinski definition) is 0. The minimum atomic E-state index is -3.49. The Labute approximate surface area is 306 Å². The number of halogens is 1. The molecule has 2 aromatic rings. The van der Waals surface area contributed by atoms with Gasteiger partial charge in [0.2, 0.25) is 5.91 Å². The zero-order valence-corrected chi connectivity index (χ0v) is 31.5. The van der Waals surface area contributed by atoms with E-state index in [4.69, 9.17) is 4.74 Å². The van der Waals surface area contributed by atoms with E-state index in [0.717, 1.165) is 52.0 Å². The molecule has 6 heterocycles. The van der Waals surface area contributed by atoms with Crippen LogP contribution in [0, 0.1) is 22.6 Å². The van der Waals surface area contributed by atoms with Crippen LogP contribution >= 0.6 is 0 Å². The van der Waals surface area contributed by atoms with Gasteiger partial charge in [-0.2, -0.15) is 17.0 Å². The third kappa shape index (κ3) is 6.92.